The van der Waals surface area contributed by atoms with Gasteiger partial charge < -0.3 is 4.74 Å². The van der Waals surface area contributed by atoms with Crippen LogP contribution in [0.2, 0.25) is 10.0 Å². The maximum Gasteiger partial charge on any atom is 0.261 e. The average molecular weight is 386 g/mol. The van der Waals surface area contributed by atoms with E-state index >= 15 is 0 Å². The van der Waals surface area contributed by atoms with Gasteiger partial charge in [0.1, 0.15) is 11.4 Å². The monoisotopic (exact) mass is 385 g/mol. The van der Waals surface area contributed by atoms with Gasteiger partial charge in [-0.15, -0.1) is 0 Å². The molecule has 0 saturated heterocycles. The molecule has 2 aromatic rings. The van der Waals surface area contributed by atoms with E-state index in [2.05, 4.69) is 4.72 Å². The van der Waals surface area contributed by atoms with Crippen molar-refractivity contribution in [3.05, 3.63) is 52.0 Å². The molecule has 0 unspecified atom stereocenters. The zero-order chi connectivity index (χ0) is 17.5. The van der Waals surface area contributed by atoms with E-state index < -0.39 is 10.0 Å². The SMILES string of the molecule is CC1(C)CCc2cc(S(=O)(=O)Nc3cccc(Cl)c3Cl)ccc2O1. The molecule has 0 aliphatic carbocycles. The molecule has 0 fully saturated rings. The van der Waals surface area contributed by atoms with Crippen LogP contribution in [-0.2, 0) is 16.4 Å². The van der Waals surface area contributed by atoms with Crippen molar-refractivity contribution < 1.29 is 13.2 Å². The Morgan fingerprint density at radius 3 is 2.67 bits per heavy atom. The molecule has 0 amide bonds. The number of anilines is 1. The van der Waals surface area contributed by atoms with Crippen molar-refractivity contribution in [2.75, 3.05) is 4.72 Å². The van der Waals surface area contributed by atoms with Gasteiger partial charge in [0.05, 0.1) is 20.6 Å². The third-order valence-corrected chi connectivity index (χ3v) is 6.10. The Balaban J connectivity index is 1.92. The quantitative estimate of drug-likeness (QED) is 0.817. The predicted molar refractivity (Wildman–Crippen MR) is 96.7 cm³/mol. The van der Waals surface area contributed by atoms with Crippen LogP contribution in [0.15, 0.2) is 41.3 Å². The van der Waals surface area contributed by atoms with E-state index in [0.717, 1.165) is 24.2 Å². The number of hydrogen-bond acceptors (Lipinski definition) is 3. The average Bonchev–Trinajstić information content (AvgIpc) is 2.50. The number of aryl methyl sites for hydroxylation is 1. The van der Waals surface area contributed by atoms with Gasteiger partial charge in [0.15, 0.2) is 0 Å². The molecule has 0 aromatic heterocycles. The van der Waals surface area contributed by atoms with E-state index in [4.69, 9.17) is 27.9 Å². The number of rotatable bonds is 3. The van der Waals surface area contributed by atoms with Gasteiger partial charge in [-0.05, 0) is 62.6 Å². The molecule has 1 aliphatic rings. The fourth-order valence-electron chi connectivity index (χ4n) is 2.59. The highest BCUT2D eigenvalue weighted by Crippen LogP contribution is 2.35. The number of sulfonamides is 1. The van der Waals surface area contributed by atoms with Crippen molar-refractivity contribution in [1.82, 2.24) is 0 Å². The second kappa shape index (κ2) is 6.14. The molecule has 0 radical (unpaired) electrons. The van der Waals surface area contributed by atoms with Gasteiger partial charge in [-0.3, -0.25) is 4.72 Å². The molecule has 1 N–H and O–H groups in total. The van der Waals surface area contributed by atoms with Gasteiger partial charge in [0.25, 0.3) is 10.0 Å². The van der Waals surface area contributed by atoms with E-state index in [0.29, 0.717) is 0 Å². The van der Waals surface area contributed by atoms with Gasteiger partial charge in [0.2, 0.25) is 0 Å². The van der Waals surface area contributed by atoms with Crippen molar-refractivity contribution in [1.29, 1.82) is 0 Å². The van der Waals surface area contributed by atoms with Gasteiger partial charge in [-0.1, -0.05) is 29.3 Å². The van der Waals surface area contributed by atoms with Crippen LogP contribution in [0.4, 0.5) is 5.69 Å². The summed E-state index contributed by atoms with van der Waals surface area (Å²) in [5.74, 6) is 0.728. The van der Waals surface area contributed by atoms with Crippen LogP contribution in [0.5, 0.6) is 5.75 Å². The fourth-order valence-corrected chi connectivity index (χ4v) is 4.11. The lowest BCUT2D eigenvalue weighted by Gasteiger charge is -2.32. The number of nitrogens with one attached hydrogen (secondary N) is 1. The van der Waals surface area contributed by atoms with Gasteiger partial charge >= 0.3 is 0 Å². The highest BCUT2D eigenvalue weighted by atomic mass is 35.5. The molecule has 128 valence electrons. The first kappa shape index (κ1) is 17.4. The molecule has 0 bridgehead atoms. The topological polar surface area (TPSA) is 55.4 Å². The van der Waals surface area contributed by atoms with Gasteiger partial charge in [0, 0.05) is 0 Å². The smallest absolute Gasteiger partial charge is 0.261 e. The first-order chi connectivity index (χ1) is 11.2. The summed E-state index contributed by atoms with van der Waals surface area (Å²) in [5, 5.41) is 0.462. The van der Waals surface area contributed by atoms with E-state index in [9.17, 15) is 8.42 Å². The molecule has 3 rings (SSSR count). The van der Waals surface area contributed by atoms with E-state index in [1.54, 1.807) is 30.3 Å². The summed E-state index contributed by atoms with van der Waals surface area (Å²) in [6, 6.07) is 9.67. The summed E-state index contributed by atoms with van der Waals surface area (Å²) < 4.78 is 33.6. The summed E-state index contributed by atoms with van der Waals surface area (Å²) >= 11 is 12.0. The number of ether oxygens (including phenoxy) is 1. The lowest BCUT2D eigenvalue weighted by molar-refractivity contribution is 0.0845. The Bertz CT molecular complexity index is 895. The first-order valence-corrected chi connectivity index (χ1v) is 9.71. The summed E-state index contributed by atoms with van der Waals surface area (Å²) in [4.78, 5) is 0.167. The Morgan fingerprint density at radius 1 is 1.17 bits per heavy atom. The molecule has 1 heterocycles. The predicted octanol–water partition coefficient (Wildman–Crippen LogP) is 4.90. The first-order valence-electron chi connectivity index (χ1n) is 7.47. The third kappa shape index (κ3) is 3.48. The normalized spacial score (nSPS) is 16.2. The minimum atomic E-state index is -3.76. The van der Waals surface area contributed by atoms with Crippen LogP contribution in [0.25, 0.3) is 0 Å². The number of benzene rings is 2. The van der Waals surface area contributed by atoms with Crippen molar-refractivity contribution in [2.24, 2.45) is 0 Å². The lowest BCUT2D eigenvalue weighted by Crippen LogP contribution is -2.32. The van der Waals surface area contributed by atoms with Crippen LogP contribution in [-0.4, -0.2) is 14.0 Å². The number of hydrogen-bond donors (Lipinski definition) is 1. The summed E-state index contributed by atoms with van der Waals surface area (Å²) in [7, 11) is -3.76. The molecule has 0 atom stereocenters. The van der Waals surface area contributed by atoms with Crippen LogP contribution in [0, 0.1) is 0 Å². The van der Waals surface area contributed by atoms with Crippen molar-refractivity contribution in [2.45, 2.75) is 37.2 Å². The van der Waals surface area contributed by atoms with Crippen molar-refractivity contribution in [3.63, 3.8) is 0 Å². The minimum absolute atomic E-state index is 0.167. The maximum absolute atomic E-state index is 12.6. The molecule has 1 aliphatic heterocycles. The van der Waals surface area contributed by atoms with Gasteiger partial charge in [-0.2, -0.15) is 0 Å². The Kier molecular flexibility index (Phi) is 4.45. The number of fused-ring (bicyclic) bond motifs is 1. The van der Waals surface area contributed by atoms with E-state index in [1.165, 1.54) is 6.07 Å². The van der Waals surface area contributed by atoms with Gasteiger partial charge in [-0.25, -0.2) is 8.42 Å². The Morgan fingerprint density at radius 2 is 1.92 bits per heavy atom. The lowest BCUT2D eigenvalue weighted by atomic mass is 9.94. The molecule has 7 heteroatoms. The standard InChI is InChI=1S/C17H17Cl2NO3S/c1-17(2)9-8-11-10-12(6-7-15(11)23-17)24(21,22)20-14-5-3-4-13(18)16(14)19/h3-7,10,20H,8-9H2,1-2H3. The molecule has 2 aromatic carbocycles. The van der Waals surface area contributed by atoms with Crippen molar-refractivity contribution in [3.8, 4) is 5.75 Å². The highest BCUT2D eigenvalue weighted by Gasteiger charge is 2.28. The Labute approximate surface area is 151 Å². The van der Waals surface area contributed by atoms with Crippen LogP contribution >= 0.6 is 23.2 Å². The summed E-state index contributed by atoms with van der Waals surface area (Å²) in [5.41, 5.74) is 0.897. The molecular formula is C17H17Cl2NO3S. The highest BCUT2D eigenvalue weighted by molar-refractivity contribution is 7.92. The molecule has 4 nitrogen and oxygen atoms in total. The van der Waals surface area contributed by atoms with E-state index in [1.807, 2.05) is 13.8 Å². The molecule has 0 saturated carbocycles. The summed E-state index contributed by atoms with van der Waals surface area (Å²) in [6.07, 6.45) is 1.60. The Hall–Kier alpha value is -1.43. The summed E-state index contributed by atoms with van der Waals surface area (Å²) in [6.45, 7) is 4.03. The van der Waals surface area contributed by atoms with Crippen LogP contribution in [0.3, 0.4) is 0 Å². The zero-order valence-electron chi connectivity index (χ0n) is 13.3. The zero-order valence-corrected chi connectivity index (χ0v) is 15.6. The maximum atomic E-state index is 12.6. The molecule has 0 spiro atoms. The van der Waals surface area contributed by atoms with Crippen molar-refractivity contribution >= 4 is 38.9 Å². The van der Waals surface area contributed by atoms with Crippen LogP contribution in [0.1, 0.15) is 25.8 Å². The third-order valence-electron chi connectivity index (χ3n) is 3.92. The van der Waals surface area contributed by atoms with E-state index in [-0.39, 0.29) is 26.2 Å². The second-order valence-corrected chi connectivity index (χ2v) is 8.81. The largest absolute Gasteiger partial charge is 0.488 e. The number of halogens is 2. The molecule has 24 heavy (non-hydrogen) atoms. The second-order valence-electron chi connectivity index (χ2n) is 6.34. The molecular weight excluding hydrogens is 369 g/mol. The minimum Gasteiger partial charge on any atom is -0.488 e. The van der Waals surface area contributed by atoms with Crippen LogP contribution < -0.4 is 9.46 Å². The fraction of sp³-hybridized carbons (Fsp3) is 0.294.